The minimum absolute atomic E-state index is 0.0762. The van der Waals surface area contributed by atoms with E-state index in [1.807, 2.05) is 13.8 Å². The lowest BCUT2D eigenvalue weighted by molar-refractivity contribution is -0.143. The molecule has 0 aliphatic heterocycles. The van der Waals surface area contributed by atoms with E-state index in [0.717, 1.165) is 10.9 Å². The lowest BCUT2D eigenvalue weighted by atomic mass is 10.1. The number of ether oxygens (including phenoxy) is 1. The van der Waals surface area contributed by atoms with E-state index in [2.05, 4.69) is 21.2 Å². The maximum absolute atomic E-state index is 13.2. The first-order valence-corrected chi connectivity index (χ1v) is 11.8. The molecule has 0 bridgehead atoms. The van der Waals surface area contributed by atoms with Crippen molar-refractivity contribution >= 4 is 62.5 Å². The second-order valence-corrected chi connectivity index (χ2v) is 8.94. The molecular formula is C22H24BrCl3N2O3. The van der Waals surface area contributed by atoms with Crippen LogP contribution in [0.1, 0.15) is 32.3 Å². The Kier molecular flexibility index (Phi) is 10.4. The van der Waals surface area contributed by atoms with E-state index in [0.29, 0.717) is 39.3 Å². The average molecular weight is 551 g/mol. The summed E-state index contributed by atoms with van der Waals surface area (Å²) in [7, 11) is 0. The van der Waals surface area contributed by atoms with Crippen LogP contribution >= 0.6 is 50.7 Å². The molecule has 0 saturated carbocycles. The number of nitrogens with one attached hydrogen (secondary N) is 1. The van der Waals surface area contributed by atoms with Gasteiger partial charge in [0, 0.05) is 33.2 Å². The summed E-state index contributed by atoms with van der Waals surface area (Å²) < 4.78 is 6.44. The van der Waals surface area contributed by atoms with Gasteiger partial charge in [-0.2, -0.15) is 0 Å². The van der Waals surface area contributed by atoms with E-state index in [9.17, 15) is 9.59 Å². The van der Waals surface area contributed by atoms with Crippen LogP contribution < -0.4 is 10.1 Å². The van der Waals surface area contributed by atoms with Gasteiger partial charge >= 0.3 is 0 Å². The van der Waals surface area contributed by atoms with Crippen LogP contribution in [0.5, 0.6) is 5.75 Å². The predicted octanol–water partition coefficient (Wildman–Crippen LogP) is 6.12. The summed E-state index contributed by atoms with van der Waals surface area (Å²) in [4.78, 5) is 27.4. The molecular weight excluding hydrogens is 527 g/mol. The quantitative estimate of drug-likeness (QED) is 0.388. The molecule has 0 fully saturated rings. The number of benzene rings is 2. The molecule has 9 heteroatoms. The Labute approximate surface area is 206 Å². The molecule has 1 N–H and O–H groups in total. The van der Waals surface area contributed by atoms with Gasteiger partial charge in [0.15, 0.2) is 6.61 Å². The summed E-state index contributed by atoms with van der Waals surface area (Å²) in [5, 5.41) is 4.07. The number of hydrogen-bond acceptors (Lipinski definition) is 3. The van der Waals surface area contributed by atoms with Gasteiger partial charge in [0.2, 0.25) is 5.91 Å². The van der Waals surface area contributed by atoms with Crippen LogP contribution in [0.3, 0.4) is 0 Å². The maximum Gasteiger partial charge on any atom is 0.261 e. The predicted molar refractivity (Wildman–Crippen MR) is 129 cm³/mol. The van der Waals surface area contributed by atoms with Crippen LogP contribution in [0, 0.1) is 0 Å². The Morgan fingerprint density at radius 2 is 1.77 bits per heavy atom. The second kappa shape index (κ2) is 12.5. The van der Waals surface area contributed by atoms with Crippen LogP contribution in [0.15, 0.2) is 40.9 Å². The first kappa shape index (κ1) is 25.8. The van der Waals surface area contributed by atoms with Crippen molar-refractivity contribution in [2.45, 2.75) is 39.3 Å². The first-order valence-electron chi connectivity index (χ1n) is 9.86. The summed E-state index contributed by atoms with van der Waals surface area (Å²) in [5.74, 6) is -0.242. The lowest BCUT2D eigenvalue weighted by Crippen LogP contribution is -2.50. The van der Waals surface area contributed by atoms with Crippen molar-refractivity contribution in [3.05, 3.63) is 61.5 Å². The summed E-state index contributed by atoms with van der Waals surface area (Å²) in [6, 6.07) is 9.53. The number of carbonyl (C=O) groups is 2. The fourth-order valence-electron chi connectivity index (χ4n) is 2.95. The lowest BCUT2D eigenvalue weighted by Gasteiger charge is -2.31. The fraction of sp³-hybridized carbons (Fsp3) is 0.364. The van der Waals surface area contributed by atoms with Crippen LogP contribution in [-0.2, 0) is 16.1 Å². The standard InChI is InChI=1S/C22H24BrCl3N2O3/c1-3-10-27-22(30)19(4-2)28(12-15-16(24)6-5-7-17(15)25)21(29)13-31-20-9-8-14(23)11-18(20)26/h5-9,11,19H,3-4,10,12-13H2,1-2H3,(H,27,30). The maximum atomic E-state index is 13.2. The molecule has 168 valence electrons. The van der Waals surface area contributed by atoms with Crippen molar-refractivity contribution in [3.8, 4) is 5.75 Å². The third-order valence-electron chi connectivity index (χ3n) is 4.57. The number of halogens is 4. The van der Waals surface area contributed by atoms with Crippen LogP contribution in [0.2, 0.25) is 15.1 Å². The highest BCUT2D eigenvalue weighted by Crippen LogP contribution is 2.29. The second-order valence-electron chi connectivity index (χ2n) is 6.80. The largest absolute Gasteiger partial charge is 0.482 e. The summed E-state index contributed by atoms with van der Waals surface area (Å²) in [6.45, 7) is 4.11. The first-order chi connectivity index (χ1) is 14.8. The van der Waals surface area contributed by atoms with Gasteiger partial charge in [0.1, 0.15) is 11.8 Å². The van der Waals surface area contributed by atoms with Gasteiger partial charge in [0.05, 0.1) is 5.02 Å². The molecule has 0 aromatic heterocycles. The minimum atomic E-state index is -0.699. The normalized spacial score (nSPS) is 11.7. The Bertz CT molecular complexity index is 907. The molecule has 0 aliphatic carbocycles. The summed E-state index contributed by atoms with van der Waals surface area (Å²) in [6.07, 6.45) is 1.21. The van der Waals surface area contributed by atoms with Crippen molar-refractivity contribution < 1.29 is 14.3 Å². The van der Waals surface area contributed by atoms with Crippen LogP contribution in [0.4, 0.5) is 0 Å². The highest BCUT2D eigenvalue weighted by Gasteiger charge is 2.30. The Hall–Kier alpha value is -1.47. The van der Waals surface area contributed by atoms with Crippen molar-refractivity contribution in [1.82, 2.24) is 10.2 Å². The van der Waals surface area contributed by atoms with E-state index in [1.165, 1.54) is 4.90 Å². The molecule has 1 atom stereocenters. The van der Waals surface area contributed by atoms with Gasteiger partial charge in [-0.1, -0.05) is 70.6 Å². The monoisotopic (exact) mass is 548 g/mol. The molecule has 2 aromatic carbocycles. The highest BCUT2D eigenvalue weighted by molar-refractivity contribution is 9.10. The molecule has 0 heterocycles. The van der Waals surface area contributed by atoms with E-state index < -0.39 is 6.04 Å². The SMILES string of the molecule is CCCNC(=O)C(CC)N(Cc1c(Cl)cccc1Cl)C(=O)COc1ccc(Br)cc1Cl. The van der Waals surface area contributed by atoms with E-state index in [1.54, 1.807) is 36.4 Å². The number of carbonyl (C=O) groups excluding carboxylic acids is 2. The number of nitrogens with zero attached hydrogens (tertiary/aromatic N) is 1. The van der Waals surface area contributed by atoms with Crippen molar-refractivity contribution in [3.63, 3.8) is 0 Å². The third-order valence-corrected chi connectivity index (χ3v) is 6.07. The molecule has 0 radical (unpaired) electrons. The van der Waals surface area contributed by atoms with Crippen molar-refractivity contribution in [1.29, 1.82) is 0 Å². The van der Waals surface area contributed by atoms with E-state index >= 15 is 0 Å². The van der Waals surface area contributed by atoms with Crippen molar-refractivity contribution in [2.75, 3.05) is 13.2 Å². The number of amides is 2. The zero-order valence-electron chi connectivity index (χ0n) is 17.3. The Balaban J connectivity index is 2.28. The fourth-order valence-corrected chi connectivity index (χ4v) is 4.20. The molecule has 0 saturated heterocycles. The smallest absolute Gasteiger partial charge is 0.261 e. The zero-order chi connectivity index (χ0) is 23.0. The van der Waals surface area contributed by atoms with Gasteiger partial charge in [0.25, 0.3) is 5.91 Å². The number of hydrogen-bond donors (Lipinski definition) is 1. The molecule has 2 aromatic rings. The molecule has 31 heavy (non-hydrogen) atoms. The van der Waals surface area contributed by atoms with Crippen LogP contribution in [0.25, 0.3) is 0 Å². The van der Waals surface area contributed by atoms with E-state index in [4.69, 9.17) is 39.5 Å². The zero-order valence-corrected chi connectivity index (χ0v) is 21.1. The van der Waals surface area contributed by atoms with Gasteiger partial charge in [-0.05, 0) is 43.2 Å². The number of rotatable bonds is 10. The molecule has 1 unspecified atom stereocenters. The molecule has 5 nitrogen and oxygen atoms in total. The van der Waals surface area contributed by atoms with Gasteiger partial charge in [-0.25, -0.2) is 0 Å². The summed E-state index contributed by atoms with van der Waals surface area (Å²) >= 11 is 22.2. The topological polar surface area (TPSA) is 58.6 Å². The summed E-state index contributed by atoms with van der Waals surface area (Å²) in [5.41, 5.74) is 0.572. The molecule has 0 spiro atoms. The highest BCUT2D eigenvalue weighted by atomic mass is 79.9. The average Bonchev–Trinajstić information content (AvgIpc) is 2.73. The Morgan fingerprint density at radius 3 is 2.35 bits per heavy atom. The third kappa shape index (κ3) is 7.28. The van der Waals surface area contributed by atoms with Crippen LogP contribution in [-0.4, -0.2) is 35.9 Å². The van der Waals surface area contributed by atoms with E-state index in [-0.39, 0.29) is 25.0 Å². The molecule has 0 aliphatic rings. The van der Waals surface area contributed by atoms with Gasteiger partial charge in [-0.3, -0.25) is 9.59 Å². The van der Waals surface area contributed by atoms with Gasteiger partial charge < -0.3 is 15.0 Å². The minimum Gasteiger partial charge on any atom is -0.482 e. The van der Waals surface area contributed by atoms with Crippen molar-refractivity contribution in [2.24, 2.45) is 0 Å². The van der Waals surface area contributed by atoms with Gasteiger partial charge in [-0.15, -0.1) is 0 Å². The molecule has 2 amide bonds. The Morgan fingerprint density at radius 1 is 1.10 bits per heavy atom. The molecule has 2 rings (SSSR count).